The minimum absolute atomic E-state index is 0.106. The second kappa shape index (κ2) is 6.05. The molecule has 0 aliphatic rings. The van der Waals surface area contributed by atoms with Gasteiger partial charge in [-0.1, -0.05) is 51.8 Å². The van der Waals surface area contributed by atoms with Crippen LogP contribution in [0.15, 0.2) is 46.9 Å². The first-order valence-corrected chi connectivity index (χ1v) is 7.01. The Labute approximate surface area is 124 Å². The van der Waals surface area contributed by atoms with E-state index in [0.29, 0.717) is 12.0 Å². The number of hydrogen-bond acceptors (Lipinski definition) is 0. The fourth-order valence-electron chi connectivity index (χ4n) is 1.70. The Bertz CT molecular complexity index is 540. The van der Waals surface area contributed by atoms with Crippen LogP contribution in [-0.2, 0) is 6.42 Å². The van der Waals surface area contributed by atoms with Crippen LogP contribution in [0.4, 0.5) is 4.39 Å². The molecule has 0 bridgehead atoms. The lowest BCUT2D eigenvalue weighted by atomic mass is 10.0. The molecular formula is C14H10BrCl2F. The fraction of sp³-hybridized carbons (Fsp3) is 0.143. The molecule has 0 nitrogen and oxygen atoms in total. The van der Waals surface area contributed by atoms with E-state index in [0.717, 1.165) is 10.0 Å². The molecule has 0 saturated heterocycles. The van der Waals surface area contributed by atoms with Crippen molar-refractivity contribution in [2.75, 3.05) is 0 Å². The molecule has 0 saturated carbocycles. The standard InChI is InChI=1S/C14H10BrCl2F/c15-10-6-4-9(5-7-10)8-12(16)11-2-1-3-13(18)14(11)17/h1-7,12H,8H2. The highest BCUT2D eigenvalue weighted by Gasteiger charge is 2.15. The van der Waals surface area contributed by atoms with Gasteiger partial charge in [-0.25, -0.2) is 4.39 Å². The SMILES string of the molecule is Fc1cccc(C(Cl)Cc2ccc(Br)cc2)c1Cl. The monoisotopic (exact) mass is 346 g/mol. The van der Waals surface area contributed by atoms with E-state index < -0.39 is 5.82 Å². The number of halogens is 4. The molecule has 0 aliphatic heterocycles. The highest BCUT2D eigenvalue weighted by molar-refractivity contribution is 9.10. The summed E-state index contributed by atoms with van der Waals surface area (Å²) in [5.41, 5.74) is 1.71. The van der Waals surface area contributed by atoms with E-state index in [2.05, 4.69) is 15.9 Å². The van der Waals surface area contributed by atoms with Crippen molar-refractivity contribution >= 4 is 39.1 Å². The topological polar surface area (TPSA) is 0 Å². The highest BCUT2D eigenvalue weighted by atomic mass is 79.9. The second-order valence-corrected chi connectivity index (χ2v) is 5.76. The van der Waals surface area contributed by atoms with Gasteiger partial charge in [0, 0.05) is 4.47 Å². The molecular weight excluding hydrogens is 338 g/mol. The summed E-state index contributed by atoms with van der Waals surface area (Å²) in [5, 5.41) is -0.232. The van der Waals surface area contributed by atoms with Crippen LogP contribution in [0.2, 0.25) is 5.02 Å². The molecule has 1 unspecified atom stereocenters. The van der Waals surface area contributed by atoms with E-state index in [1.807, 2.05) is 24.3 Å². The lowest BCUT2D eigenvalue weighted by Gasteiger charge is -2.12. The van der Waals surface area contributed by atoms with E-state index in [1.54, 1.807) is 12.1 Å². The van der Waals surface area contributed by atoms with Crippen molar-refractivity contribution in [3.63, 3.8) is 0 Å². The Morgan fingerprint density at radius 2 is 1.78 bits per heavy atom. The van der Waals surface area contributed by atoms with Gasteiger partial charge < -0.3 is 0 Å². The molecule has 0 fully saturated rings. The summed E-state index contributed by atoms with van der Waals surface area (Å²) in [6, 6.07) is 12.6. The summed E-state index contributed by atoms with van der Waals surface area (Å²) in [7, 11) is 0. The average molecular weight is 348 g/mol. The molecule has 2 aromatic carbocycles. The van der Waals surface area contributed by atoms with Gasteiger partial charge >= 0.3 is 0 Å². The Kier molecular flexibility index (Phi) is 4.66. The fourth-order valence-corrected chi connectivity index (χ4v) is 2.64. The van der Waals surface area contributed by atoms with Gasteiger partial charge in [0.15, 0.2) is 0 Å². The van der Waals surface area contributed by atoms with Gasteiger partial charge in [-0.15, -0.1) is 11.6 Å². The molecule has 4 heteroatoms. The molecule has 94 valence electrons. The van der Waals surface area contributed by atoms with E-state index in [4.69, 9.17) is 23.2 Å². The molecule has 1 atom stereocenters. The zero-order valence-corrected chi connectivity index (χ0v) is 12.4. The maximum absolute atomic E-state index is 13.3. The van der Waals surface area contributed by atoms with Crippen molar-refractivity contribution in [2.24, 2.45) is 0 Å². The summed E-state index contributed by atoms with van der Waals surface area (Å²) < 4.78 is 14.3. The minimum atomic E-state index is -0.435. The van der Waals surface area contributed by atoms with Crippen LogP contribution < -0.4 is 0 Å². The summed E-state index contributed by atoms with van der Waals surface area (Å²) in [6.45, 7) is 0. The number of benzene rings is 2. The van der Waals surface area contributed by atoms with Gasteiger partial charge in [0.2, 0.25) is 0 Å². The summed E-state index contributed by atoms with van der Waals surface area (Å²) in [6.07, 6.45) is 0.609. The smallest absolute Gasteiger partial charge is 0.142 e. The molecule has 0 spiro atoms. The molecule has 0 N–H and O–H groups in total. The zero-order valence-electron chi connectivity index (χ0n) is 9.34. The van der Waals surface area contributed by atoms with Gasteiger partial charge in [0.05, 0.1) is 10.4 Å². The van der Waals surface area contributed by atoms with Gasteiger partial charge in [-0.2, -0.15) is 0 Å². The Morgan fingerprint density at radius 1 is 1.11 bits per heavy atom. The predicted molar refractivity (Wildman–Crippen MR) is 77.9 cm³/mol. The first kappa shape index (κ1) is 13.9. The van der Waals surface area contributed by atoms with Crippen molar-refractivity contribution in [1.82, 2.24) is 0 Å². The minimum Gasteiger partial charge on any atom is -0.205 e. The maximum Gasteiger partial charge on any atom is 0.142 e. The van der Waals surface area contributed by atoms with Gasteiger partial charge in [-0.3, -0.25) is 0 Å². The van der Waals surface area contributed by atoms with Crippen molar-refractivity contribution in [3.05, 3.63) is 68.9 Å². The maximum atomic E-state index is 13.3. The van der Waals surface area contributed by atoms with Gasteiger partial charge in [0.25, 0.3) is 0 Å². The first-order chi connectivity index (χ1) is 8.58. The van der Waals surface area contributed by atoms with Crippen molar-refractivity contribution in [3.8, 4) is 0 Å². The van der Waals surface area contributed by atoms with E-state index >= 15 is 0 Å². The van der Waals surface area contributed by atoms with Crippen LogP contribution in [0.3, 0.4) is 0 Å². The molecule has 2 aromatic rings. The Balaban J connectivity index is 2.19. The lowest BCUT2D eigenvalue weighted by Crippen LogP contribution is -1.98. The quantitative estimate of drug-likeness (QED) is 0.619. The van der Waals surface area contributed by atoms with Crippen LogP contribution >= 0.6 is 39.1 Å². The number of rotatable bonds is 3. The lowest BCUT2D eigenvalue weighted by molar-refractivity contribution is 0.625. The third kappa shape index (κ3) is 3.25. The molecule has 0 radical (unpaired) electrons. The predicted octanol–water partition coefficient (Wildman–Crippen LogP) is 5.76. The summed E-state index contributed by atoms with van der Waals surface area (Å²) in [4.78, 5) is 0. The Hall–Kier alpha value is -0.570. The molecule has 2 rings (SSSR count). The van der Waals surface area contributed by atoms with Crippen LogP contribution in [0.5, 0.6) is 0 Å². The van der Waals surface area contributed by atoms with Crippen LogP contribution in [0.1, 0.15) is 16.5 Å². The van der Waals surface area contributed by atoms with Crippen molar-refractivity contribution in [2.45, 2.75) is 11.8 Å². The normalized spacial score (nSPS) is 12.4. The summed E-state index contributed by atoms with van der Waals surface area (Å²) >= 11 is 15.6. The molecule has 18 heavy (non-hydrogen) atoms. The third-order valence-corrected chi connectivity index (χ3v) is 3.96. The average Bonchev–Trinajstić information content (AvgIpc) is 2.35. The van der Waals surface area contributed by atoms with Gasteiger partial charge in [-0.05, 0) is 35.7 Å². The molecule has 0 aromatic heterocycles. The molecule has 0 aliphatic carbocycles. The van der Waals surface area contributed by atoms with E-state index in [-0.39, 0.29) is 10.4 Å². The van der Waals surface area contributed by atoms with Crippen LogP contribution in [0, 0.1) is 5.82 Å². The van der Waals surface area contributed by atoms with E-state index in [9.17, 15) is 4.39 Å². The second-order valence-electron chi connectivity index (χ2n) is 3.94. The number of hydrogen-bond donors (Lipinski definition) is 0. The van der Waals surface area contributed by atoms with Crippen molar-refractivity contribution < 1.29 is 4.39 Å². The number of alkyl halides is 1. The van der Waals surface area contributed by atoms with Crippen LogP contribution in [-0.4, -0.2) is 0 Å². The molecule has 0 heterocycles. The highest BCUT2D eigenvalue weighted by Crippen LogP contribution is 2.32. The zero-order chi connectivity index (χ0) is 13.1. The van der Waals surface area contributed by atoms with Gasteiger partial charge in [0.1, 0.15) is 5.82 Å². The summed E-state index contributed by atoms with van der Waals surface area (Å²) in [5.74, 6) is -0.435. The van der Waals surface area contributed by atoms with E-state index in [1.165, 1.54) is 6.07 Å². The largest absolute Gasteiger partial charge is 0.205 e. The third-order valence-electron chi connectivity index (χ3n) is 2.65. The Morgan fingerprint density at radius 3 is 2.44 bits per heavy atom. The van der Waals surface area contributed by atoms with Crippen molar-refractivity contribution in [1.29, 1.82) is 0 Å². The first-order valence-electron chi connectivity index (χ1n) is 5.40. The van der Waals surface area contributed by atoms with Crippen LogP contribution in [0.25, 0.3) is 0 Å². The molecule has 0 amide bonds.